The summed E-state index contributed by atoms with van der Waals surface area (Å²) in [5.41, 5.74) is 4.64. The van der Waals surface area contributed by atoms with Crippen molar-refractivity contribution in [2.75, 3.05) is 11.1 Å². The molecule has 31 heavy (non-hydrogen) atoms. The highest BCUT2D eigenvalue weighted by Crippen LogP contribution is 2.31. The highest BCUT2D eigenvalue weighted by atomic mass is 35.5. The van der Waals surface area contributed by atoms with E-state index in [4.69, 9.17) is 11.6 Å². The van der Waals surface area contributed by atoms with Crippen LogP contribution in [0.3, 0.4) is 0 Å². The molecule has 0 aliphatic rings. The zero-order valence-corrected chi connectivity index (χ0v) is 18.9. The molecule has 0 aliphatic heterocycles. The Kier molecular flexibility index (Phi) is 6.11. The van der Waals surface area contributed by atoms with Crippen LogP contribution in [0.25, 0.3) is 22.6 Å². The molecule has 7 nitrogen and oxygen atoms in total. The standard InChI is InChI=1S/C22H21ClN6OS/c1-14-4-6-15(7-5-14)20-18(12-28(2)27-20)21-25-26-22(29(21)3)31-13-19(30)24-17-10-8-16(23)9-11-17/h4-12H,13H2,1-3H3,(H,24,30). The maximum atomic E-state index is 12.3. The smallest absolute Gasteiger partial charge is 0.234 e. The number of thioether (sulfide) groups is 1. The Morgan fingerprint density at radius 2 is 1.77 bits per heavy atom. The van der Waals surface area contributed by atoms with Gasteiger partial charge in [0.25, 0.3) is 0 Å². The first-order valence-corrected chi connectivity index (χ1v) is 11.0. The third-order valence-corrected chi connectivity index (χ3v) is 5.96. The quantitative estimate of drug-likeness (QED) is 0.433. The van der Waals surface area contributed by atoms with E-state index in [0.717, 1.165) is 16.8 Å². The molecule has 0 atom stereocenters. The third kappa shape index (κ3) is 4.81. The summed E-state index contributed by atoms with van der Waals surface area (Å²) in [6.45, 7) is 2.05. The number of benzene rings is 2. The summed E-state index contributed by atoms with van der Waals surface area (Å²) in [5, 5.41) is 17.4. The number of carbonyl (C=O) groups excluding carboxylic acids is 1. The molecule has 0 saturated carbocycles. The largest absolute Gasteiger partial charge is 0.325 e. The molecule has 4 aromatic rings. The fraction of sp³-hybridized carbons (Fsp3) is 0.182. The summed E-state index contributed by atoms with van der Waals surface area (Å²) in [5.74, 6) is 0.787. The van der Waals surface area contributed by atoms with Gasteiger partial charge in [0.1, 0.15) is 5.69 Å². The summed E-state index contributed by atoms with van der Waals surface area (Å²) >= 11 is 7.21. The van der Waals surface area contributed by atoms with E-state index in [1.54, 1.807) is 28.9 Å². The van der Waals surface area contributed by atoms with Crippen molar-refractivity contribution in [3.05, 3.63) is 65.3 Å². The fourth-order valence-corrected chi connectivity index (χ4v) is 3.95. The van der Waals surface area contributed by atoms with Gasteiger partial charge < -0.3 is 9.88 Å². The first-order valence-electron chi connectivity index (χ1n) is 9.59. The third-order valence-electron chi connectivity index (χ3n) is 4.69. The Hall–Kier alpha value is -3.10. The Balaban J connectivity index is 1.50. The molecule has 0 unspecified atom stereocenters. The lowest BCUT2D eigenvalue weighted by Crippen LogP contribution is -2.14. The summed E-state index contributed by atoms with van der Waals surface area (Å²) in [6.07, 6.45) is 1.93. The number of carbonyl (C=O) groups is 1. The second-order valence-corrected chi connectivity index (χ2v) is 8.52. The van der Waals surface area contributed by atoms with Gasteiger partial charge in [-0.1, -0.05) is 53.2 Å². The van der Waals surface area contributed by atoms with Crippen LogP contribution in [-0.4, -0.2) is 36.2 Å². The van der Waals surface area contributed by atoms with Crippen molar-refractivity contribution in [1.29, 1.82) is 0 Å². The molecule has 0 aliphatic carbocycles. The van der Waals surface area contributed by atoms with Crippen molar-refractivity contribution in [1.82, 2.24) is 24.5 Å². The van der Waals surface area contributed by atoms with Gasteiger partial charge in [-0.2, -0.15) is 5.10 Å². The number of halogens is 1. The molecule has 158 valence electrons. The maximum absolute atomic E-state index is 12.3. The lowest BCUT2D eigenvalue weighted by Gasteiger charge is -2.06. The van der Waals surface area contributed by atoms with Crippen LogP contribution in [0.2, 0.25) is 5.02 Å². The van der Waals surface area contributed by atoms with Gasteiger partial charge in [-0.3, -0.25) is 9.48 Å². The van der Waals surface area contributed by atoms with Gasteiger partial charge in [-0.15, -0.1) is 10.2 Å². The second kappa shape index (κ2) is 8.95. The van der Waals surface area contributed by atoms with Crippen molar-refractivity contribution in [3.63, 3.8) is 0 Å². The van der Waals surface area contributed by atoms with Gasteiger partial charge in [-0.25, -0.2) is 0 Å². The summed E-state index contributed by atoms with van der Waals surface area (Å²) in [6, 6.07) is 15.2. The molecule has 1 amide bonds. The van der Waals surface area contributed by atoms with Crippen molar-refractivity contribution in [2.24, 2.45) is 14.1 Å². The van der Waals surface area contributed by atoms with Gasteiger partial charge in [0.05, 0.1) is 11.3 Å². The van der Waals surface area contributed by atoms with Crippen LogP contribution in [0.1, 0.15) is 5.56 Å². The zero-order valence-electron chi connectivity index (χ0n) is 17.3. The van der Waals surface area contributed by atoms with E-state index in [0.29, 0.717) is 21.7 Å². The molecule has 0 spiro atoms. The van der Waals surface area contributed by atoms with Crippen molar-refractivity contribution in [3.8, 4) is 22.6 Å². The van der Waals surface area contributed by atoms with Crippen LogP contribution in [0.15, 0.2) is 59.9 Å². The minimum absolute atomic E-state index is 0.126. The van der Waals surface area contributed by atoms with Crippen LogP contribution in [0.5, 0.6) is 0 Å². The van der Waals surface area contributed by atoms with Gasteiger partial charge in [0.2, 0.25) is 5.91 Å². The molecule has 0 bridgehead atoms. The van der Waals surface area contributed by atoms with E-state index < -0.39 is 0 Å². The van der Waals surface area contributed by atoms with Crippen LogP contribution < -0.4 is 5.32 Å². The first kappa shape index (κ1) is 21.1. The molecule has 0 saturated heterocycles. The maximum Gasteiger partial charge on any atom is 0.234 e. The first-order chi connectivity index (χ1) is 14.9. The van der Waals surface area contributed by atoms with Gasteiger partial charge >= 0.3 is 0 Å². The second-order valence-electron chi connectivity index (χ2n) is 7.14. The molecule has 9 heteroatoms. The summed E-state index contributed by atoms with van der Waals surface area (Å²) in [7, 11) is 3.77. The van der Waals surface area contributed by atoms with Crippen LogP contribution >= 0.6 is 23.4 Å². The predicted octanol–water partition coefficient (Wildman–Crippen LogP) is 4.58. The predicted molar refractivity (Wildman–Crippen MR) is 124 cm³/mol. The SMILES string of the molecule is Cc1ccc(-c2nn(C)cc2-c2nnc(SCC(=O)Nc3ccc(Cl)cc3)n2C)cc1. The fourth-order valence-electron chi connectivity index (χ4n) is 3.11. The van der Waals surface area contributed by atoms with E-state index in [9.17, 15) is 4.79 Å². The lowest BCUT2D eigenvalue weighted by molar-refractivity contribution is -0.113. The number of aromatic nitrogens is 5. The average molecular weight is 453 g/mol. The van der Waals surface area contributed by atoms with E-state index in [-0.39, 0.29) is 11.7 Å². The summed E-state index contributed by atoms with van der Waals surface area (Å²) < 4.78 is 3.65. The minimum atomic E-state index is -0.126. The Morgan fingerprint density at radius 1 is 1.06 bits per heavy atom. The van der Waals surface area contributed by atoms with Gasteiger partial charge in [0.15, 0.2) is 11.0 Å². The molecular weight excluding hydrogens is 432 g/mol. The number of hydrogen-bond acceptors (Lipinski definition) is 5. The Morgan fingerprint density at radius 3 is 2.48 bits per heavy atom. The van der Waals surface area contributed by atoms with Gasteiger partial charge in [0, 0.05) is 36.6 Å². The zero-order chi connectivity index (χ0) is 22.0. The lowest BCUT2D eigenvalue weighted by atomic mass is 10.1. The van der Waals surface area contributed by atoms with Crippen molar-refractivity contribution >= 4 is 35.0 Å². The molecule has 2 heterocycles. The summed E-state index contributed by atoms with van der Waals surface area (Å²) in [4.78, 5) is 12.3. The molecule has 2 aromatic carbocycles. The number of nitrogens with zero attached hydrogens (tertiary/aromatic N) is 5. The number of amides is 1. The number of nitrogens with one attached hydrogen (secondary N) is 1. The van der Waals surface area contributed by atoms with Crippen molar-refractivity contribution in [2.45, 2.75) is 12.1 Å². The molecule has 0 fully saturated rings. The molecular formula is C22H21ClN6OS. The molecule has 1 N–H and O–H groups in total. The number of hydrogen-bond donors (Lipinski definition) is 1. The highest BCUT2D eigenvalue weighted by Gasteiger charge is 2.19. The number of rotatable bonds is 6. The molecule has 4 rings (SSSR count). The topological polar surface area (TPSA) is 77.6 Å². The average Bonchev–Trinajstić information content (AvgIpc) is 3.31. The normalized spacial score (nSPS) is 11.0. The van der Waals surface area contributed by atoms with Crippen molar-refractivity contribution < 1.29 is 4.79 Å². The van der Waals surface area contributed by atoms with E-state index in [1.807, 2.05) is 37.0 Å². The van der Waals surface area contributed by atoms with Gasteiger partial charge in [-0.05, 0) is 31.2 Å². The van der Waals surface area contributed by atoms with E-state index in [2.05, 4.69) is 39.7 Å². The highest BCUT2D eigenvalue weighted by molar-refractivity contribution is 7.99. The van der Waals surface area contributed by atoms with E-state index >= 15 is 0 Å². The van der Waals surface area contributed by atoms with Crippen LogP contribution in [0.4, 0.5) is 5.69 Å². The number of anilines is 1. The van der Waals surface area contributed by atoms with Crippen LogP contribution in [0, 0.1) is 6.92 Å². The molecule has 0 radical (unpaired) electrons. The Labute approximate surface area is 189 Å². The Bertz CT molecular complexity index is 1210. The minimum Gasteiger partial charge on any atom is -0.325 e. The van der Waals surface area contributed by atoms with E-state index in [1.165, 1.54) is 17.3 Å². The van der Waals surface area contributed by atoms with Crippen LogP contribution in [-0.2, 0) is 18.9 Å². The monoisotopic (exact) mass is 452 g/mol. The number of aryl methyl sites for hydroxylation is 2. The molecule has 2 aromatic heterocycles.